The number of ether oxygens (including phenoxy) is 1. The smallest absolute Gasteiger partial charge is 0.246 e. The molecular weight excluding hydrogens is 271 g/mol. The predicted octanol–water partition coefficient (Wildman–Crippen LogP) is 0.245. The van der Waals surface area contributed by atoms with Crippen molar-refractivity contribution in [3.8, 4) is 0 Å². The quantitative estimate of drug-likeness (QED) is 0.329. The van der Waals surface area contributed by atoms with Gasteiger partial charge in [-0.25, -0.2) is 0 Å². The first-order chi connectivity index (χ1) is 5.70. The molecule has 0 aromatic rings. The number of methoxy groups -OCH3 is 1. The number of hydrogen-bond donors (Lipinski definition) is 2. The van der Waals surface area contributed by atoms with Crippen LogP contribution in [0.5, 0.6) is 0 Å². The summed E-state index contributed by atoms with van der Waals surface area (Å²) in [6.07, 6.45) is 1.50. The number of carbonyl (C=O) groups is 1. The van der Waals surface area contributed by atoms with Crippen molar-refractivity contribution < 1.29 is 9.53 Å². The van der Waals surface area contributed by atoms with Crippen molar-refractivity contribution in [1.82, 2.24) is 10.6 Å². The lowest BCUT2D eigenvalue weighted by atomic mass is 10.5. The van der Waals surface area contributed by atoms with Gasteiger partial charge in [-0.15, -0.1) is 0 Å². The summed E-state index contributed by atoms with van der Waals surface area (Å²) in [6.45, 7) is 1.34. The molecule has 0 saturated carbocycles. The Morgan fingerprint density at radius 1 is 1.67 bits per heavy atom. The minimum Gasteiger partial charge on any atom is -0.383 e. The molecule has 0 radical (unpaired) electrons. The third kappa shape index (κ3) is 6.41. The van der Waals surface area contributed by atoms with E-state index >= 15 is 0 Å². The predicted molar refractivity (Wildman–Crippen MR) is 56.0 cm³/mol. The molecule has 0 atom stereocenters. The van der Waals surface area contributed by atoms with E-state index in [0.717, 1.165) is 3.70 Å². The van der Waals surface area contributed by atoms with E-state index in [-0.39, 0.29) is 5.91 Å². The van der Waals surface area contributed by atoms with Gasteiger partial charge < -0.3 is 15.4 Å². The number of likely N-dealkylation sites (N-methyl/N-ethyl adjacent to an activating group) is 1. The minimum absolute atomic E-state index is 0.107. The topological polar surface area (TPSA) is 50.4 Å². The van der Waals surface area contributed by atoms with Crippen LogP contribution in [0, 0.1) is 0 Å². The second-order valence-electron chi connectivity index (χ2n) is 2.03. The standard InChI is InChI=1S/C7H13IN2O2/c1-9-7(11)5-6(8)10-3-4-12-2/h5,10H,3-4H2,1-2H3,(H,9,11)/b6-5-. The average molecular weight is 284 g/mol. The zero-order valence-electron chi connectivity index (χ0n) is 7.19. The molecule has 2 N–H and O–H groups in total. The molecule has 0 aliphatic rings. The Kier molecular flexibility index (Phi) is 7.17. The van der Waals surface area contributed by atoms with Crippen molar-refractivity contribution >= 4 is 28.5 Å². The molecule has 0 bridgehead atoms. The Labute approximate surface area is 85.9 Å². The van der Waals surface area contributed by atoms with E-state index in [1.807, 2.05) is 0 Å². The fourth-order valence-electron chi connectivity index (χ4n) is 0.511. The van der Waals surface area contributed by atoms with Crippen LogP contribution in [0.4, 0.5) is 0 Å². The first-order valence-corrected chi connectivity index (χ1v) is 4.60. The Balaban J connectivity index is 3.62. The normalized spacial score (nSPS) is 11.1. The van der Waals surface area contributed by atoms with Crippen molar-refractivity contribution in [2.24, 2.45) is 0 Å². The van der Waals surface area contributed by atoms with Crippen LogP contribution in [0.3, 0.4) is 0 Å². The van der Waals surface area contributed by atoms with Crippen LogP contribution >= 0.6 is 22.6 Å². The van der Waals surface area contributed by atoms with E-state index in [1.54, 1.807) is 14.2 Å². The lowest BCUT2D eigenvalue weighted by molar-refractivity contribution is -0.116. The summed E-state index contributed by atoms with van der Waals surface area (Å²) in [6, 6.07) is 0. The highest BCUT2D eigenvalue weighted by Gasteiger charge is 1.94. The molecule has 0 heterocycles. The van der Waals surface area contributed by atoms with Gasteiger partial charge in [0.2, 0.25) is 5.91 Å². The molecule has 0 aliphatic carbocycles. The monoisotopic (exact) mass is 284 g/mol. The summed E-state index contributed by atoms with van der Waals surface area (Å²) in [5.41, 5.74) is 0. The van der Waals surface area contributed by atoms with Crippen LogP contribution in [0.25, 0.3) is 0 Å². The molecule has 70 valence electrons. The van der Waals surface area contributed by atoms with Gasteiger partial charge in [-0.1, -0.05) is 0 Å². The lowest BCUT2D eigenvalue weighted by Gasteiger charge is -2.02. The van der Waals surface area contributed by atoms with E-state index in [4.69, 9.17) is 4.74 Å². The molecular formula is C7H13IN2O2. The molecule has 0 spiro atoms. The number of nitrogens with one attached hydrogen (secondary N) is 2. The number of amides is 1. The average Bonchev–Trinajstić information content (AvgIpc) is 2.05. The summed E-state index contributed by atoms with van der Waals surface area (Å²) >= 11 is 2.05. The zero-order valence-corrected chi connectivity index (χ0v) is 9.34. The van der Waals surface area contributed by atoms with Gasteiger partial charge in [-0.2, -0.15) is 0 Å². The third-order valence-corrected chi connectivity index (χ3v) is 1.80. The van der Waals surface area contributed by atoms with Crippen LogP contribution < -0.4 is 10.6 Å². The first-order valence-electron chi connectivity index (χ1n) is 3.52. The Bertz CT molecular complexity index is 171. The molecule has 0 unspecified atom stereocenters. The second kappa shape index (κ2) is 7.35. The molecule has 1 amide bonds. The number of halogens is 1. The maximum absolute atomic E-state index is 10.8. The van der Waals surface area contributed by atoms with Gasteiger partial charge in [0.05, 0.1) is 10.3 Å². The number of carbonyl (C=O) groups excluding carboxylic acids is 1. The van der Waals surface area contributed by atoms with Crippen molar-refractivity contribution in [3.05, 3.63) is 9.78 Å². The highest BCUT2D eigenvalue weighted by atomic mass is 127. The van der Waals surface area contributed by atoms with Crippen molar-refractivity contribution in [2.75, 3.05) is 27.3 Å². The Morgan fingerprint density at radius 2 is 2.33 bits per heavy atom. The molecule has 0 saturated heterocycles. The van der Waals surface area contributed by atoms with E-state index in [9.17, 15) is 4.79 Å². The molecule has 0 fully saturated rings. The summed E-state index contributed by atoms with van der Waals surface area (Å²) in [5, 5.41) is 5.51. The van der Waals surface area contributed by atoms with E-state index < -0.39 is 0 Å². The lowest BCUT2D eigenvalue weighted by Crippen LogP contribution is -2.20. The number of rotatable bonds is 5. The molecule has 5 heteroatoms. The summed E-state index contributed by atoms with van der Waals surface area (Å²) < 4.78 is 5.64. The largest absolute Gasteiger partial charge is 0.383 e. The fourth-order valence-corrected chi connectivity index (χ4v) is 1.06. The first kappa shape index (κ1) is 11.7. The van der Waals surface area contributed by atoms with Gasteiger partial charge >= 0.3 is 0 Å². The fraction of sp³-hybridized carbons (Fsp3) is 0.571. The van der Waals surface area contributed by atoms with Crippen LogP contribution in [0.15, 0.2) is 9.78 Å². The van der Waals surface area contributed by atoms with Gasteiger partial charge in [0, 0.05) is 26.8 Å². The van der Waals surface area contributed by atoms with E-state index in [2.05, 4.69) is 33.2 Å². The Morgan fingerprint density at radius 3 is 2.83 bits per heavy atom. The van der Waals surface area contributed by atoms with Crippen molar-refractivity contribution in [3.63, 3.8) is 0 Å². The van der Waals surface area contributed by atoms with E-state index in [0.29, 0.717) is 13.2 Å². The van der Waals surface area contributed by atoms with Gasteiger partial charge in [0.25, 0.3) is 0 Å². The molecule has 4 nitrogen and oxygen atoms in total. The van der Waals surface area contributed by atoms with Crippen molar-refractivity contribution in [1.29, 1.82) is 0 Å². The second-order valence-corrected chi connectivity index (χ2v) is 3.19. The molecule has 0 aromatic carbocycles. The molecule has 0 rings (SSSR count). The zero-order chi connectivity index (χ0) is 9.40. The van der Waals surface area contributed by atoms with E-state index in [1.165, 1.54) is 6.08 Å². The molecule has 12 heavy (non-hydrogen) atoms. The van der Waals surface area contributed by atoms with Gasteiger partial charge in [0.1, 0.15) is 0 Å². The summed E-state index contributed by atoms with van der Waals surface area (Å²) in [4.78, 5) is 10.8. The molecule has 0 aromatic heterocycles. The van der Waals surface area contributed by atoms with Gasteiger partial charge in [-0.05, 0) is 22.6 Å². The van der Waals surface area contributed by atoms with Crippen LogP contribution in [0.2, 0.25) is 0 Å². The SMILES string of the molecule is CNC(=O)/C=C(/I)NCCOC. The third-order valence-electron chi connectivity index (χ3n) is 1.10. The van der Waals surface area contributed by atoms with Crippen LogP contribution in [-0.2, 0) is 9.53 Å². The highest BCUT2D eigenvalue weighted by molar-refractivity contribution is 14.1. The van der Waals surface area contributed by atoms with Crippen molar-refractivity contribution in [2.45, 2.75) is 0 Å². The van der Waals surface area contributed by atoms with Crippen LogP contribution in [0.1, 0.15) is 0 Å². The molecule has 0 aliphatic heterocycles. The highest BCUT2D eigenvalue weighted by Crippen LogP contribution is 1.98. The maximum Gasteiger partial charge on any atom is 0.246 e. The van der Waals surface area contributed by atoms with Gasteiger partial charge in [-0.3, -0.25) is 4.79 Å². The van der Waals surface area contributed by atoms with Crippen LogP contribution in [-0.4, -0.2) is 33.2 Å². The minimum atomic E-state index is -0.107. The number of hydrogen-bond acceptors (Lipinski definition) is 3. The Hall–Kier alpha value is -0.300. The van der Waals surface area contributed by atoms with Gasteiger partial charge in [0.15, 0.2) is 0 Å². The summed E-state index contributed by atoms with van der Waals surface area (Å²) in [7, 11) is 3.23. The summed E-state index contributed by atoms with van der Waals surface area (Å²) in [5.74, 6) is -0.107. The maximum atomic E-state index is 10.8.